The lowest BCUT2D eigenvalue weighted by atomic mass is 10.4. The SMILES string of the molecule is NCCCNC(=O)CCOCCO. The lowest BCUT2D eigenvalue weighted by molar-refractivity contribution is -0.122. The van der Waals surface area contributed by atoms with Crippen molar-refractivity contribution in [1.82, 2.24) is 5.32 Å². The molecule has 0 aliphatic carbocycles. The standard InChI is InChI=1S/C8H18N2O3/c9-3-1-4-10-8(12)2-6-13-7-5-11/h11H,1-7,9H2,(H,10,12). The minimum atomic E-state index is -0.0358. The Labute approximate surface area is 78.3 Å². The Hall–Kier alpha value is -0.650. The van der Waals surface area contributed by atoms with Crippen molar-refractivity contribution in [2.24, 2.45) is 5.73 Å². The van der Waals surface area contributed by atoms with E-state index in [1.807, 2.05) is 0 Å². The number of hydrogen-bond donors (Lipinski definition) is 3. The van der Waals surface area contributed by atoms with Crippen LogP contribution in [0.4, 0.5) is 0 Å². The summed E-state index contributed by atoms with van der Waals surface area (Å²) in [5.74, 6) is -0.0358. The highest BCUT2D eigenvalue weighted by Crippen LogP contribution is 1.83. The zero-order chi connectivity index (χ0) is 9.94. The summed E-state index contributed by atoms with van der Waals surface area (Å²) < 4.78 is 4.92. The fourth-order valence-corrected chi connectivity index (χ4v) is 0.750. The molecule has 5 heteroatoms. The first-order valence-electron chi connectivity index (χ1n) is 4.46. The van der Waals surface area contributed by atoms with Crippen molar-refractivity contribution >= 4 is 5.91 Å². The summed E-state index contributed by atoms with van der Waals surface area (Å²) in [6.45, 7) is 1.84. The highest BCUT2D eigenvalue weighted by atomic mass is 16.5. The largest absolute Gasteiger partial charge is 0.394 e. The summed E-state index contributed by atoms with van der Waals surface area (Å²) in [6.07, 6.45) is 1.13. The van der Waals surface area contributed by atoms with Crippen LogP contribution in [0.1, 0.15) is 12.8 Å². The highest BCUT2D eigenvalue weighted by Gasteiger charge is 1.98. The minimum Gasteiger partial charge on any atom is -0.394 e. The van der Waals surface area contributed by atoms with Crippen LogP contribution in [-0.2, 0) is 9.53 Å². The number of ether oxygens (including phenoxy) is 1. The normalized spacial score (nSPS) is 10.0. The van der Waals surface area contributed by atoms with Gasteiger partial charge in [0.25, 0.3) is 0 Å². The molecule has 78 valence electrons. The lowest BCUT2D eigenvalue weighted by Crippen LogP contribution is -2.26. The van der Waals surface area contributed by atoms with Crippen LogP contribution in [0.3, 0.4) is 0 Å². The van der Waals surface area contributed by atoms with Crippen molar-refractivity contribution in [2.75, 3.05) is 32.9 Å². The molecule has 0 radical (unpaired) electrons. The van der Waals surface area contributed by atoms with E-state index in [0.29, 0.717) is 26.1 Å². The van der Waals surface area contributed by atoms with Crippen molar-refractivity contribution in [1.29, 1.82) is 0 Å². The van der Waals surface area contributed by atoms with Gasteiger partial charge in [0.2, 0.25) is 5.91 Å². The Morgan fingerprint density at radius 3 is 2.85 bits per heavy atom. The molecule has 0 saturated carbocycles. The number of amides is 1. The molecule has 0 unspecified atom stereocenters. The average molecular weight is 190 g/mol. The number of carbonyl (C=O) groups excluding carboxylic acids is 1. The molecule has 0 rings (SSSR count). The number of aliphatic hydroxyl groups is 1. The molecule has 0 heterocycles. The Kier molecular flexibility index (Phi) is 8.97. The van der Waals surface area contributed by atoms with Gasteiger partial charge in [-0.2, -0.15) is 0 Å². The van der Waals surface area contributed by atoms with Crippen LogP contribution in [0.25, 0.3) is 0 Å². The van der Waals surface area contributed by atoms with E-state index in [1.165, 1.54) is 0 Å². The third kappa shape index (κ3) is 9.26. The Bertz CT molecular complexity index is 131. The average Bonchev–Trinajstić information content (AvgIpc) is 2.13. The maximum absolute atomic E-state index is 11.0. The molecule has 0 aromatic heterocycles. The summed E-state index contributed by atoms with van der Waals surface area (Å²) in [7, 11) is 0. The van der Waals surface area contributed by atoms with Crippen molar-refractivity contribution in [2.45, 2.75) is 12.8 Å². The molecule has 5 nitrogen and oxygen atoms in total. The Morgan fingerprint density at radius 1 is 1.46 bits per heavy atom. The van der Waals surface area contributed by atoms with E-state index in [-0.39, 0.29) is 19.1 Å². The first kappa shape index (κ1) is 12.3. The Morgan fingerprint density at radius 2 is 2.23 bits per heavy atom. The summed E-state index contributed by atoms with van der Waals surface area (Å²) in [6, 6.07) is 0. The van der Waals surface area contributed by atoms with Crippen LogP contribution in [-0.4, -0.2) is 43.9 Å². The van der Waals surface area contributed by atoms with Gasteiger partial charge in [-0.1, -0.05) is 0 Å². The summed E-state index contributed by atoms with van der Waals surface area (Å²) in [5, 5.41) is 11.1. The predicted octanol–water partition coefficient (Wildman–Crippen LogP) is -1.15. The van der Waals surface area contributed by atoms with Crippen LogP contribution in [0.15, 0.2) is 0 Å². The van der Waals surface area contributed by atoms with Crippen LogP contribution in [0, 0.1) is 0 Å². The first-order chi connectivity index (χ1) is 6.31. The zero-order valence-electron chi connectivity index (χ0n) is 7.79. The second-order valence-corrected chi connectivity index (χ2v) is 2.58. The Balaban J connectivity index is 3.11. The third-order valence-corrected chi connectivity index (χ3v) is 1.41. The van der Waals surface area contributed by atoms with Gasteiger partial charge < -0.3 is 20.9 Å². The highest BCUT2D eigenvalue weighted by molar-refractivity contribution is 5.75. The van der Waals surface area contributed by atoms with Gasteiger partial charge in [0.15, 0.2) is 0 Å². The van der Waals surface area contributed by atoms with Crippen molar-refractivity contribution < 1.29 is 14.6 Å². The van der Waals surface area contributed by atoms with Gasteiger partial charge in [0, 0.05) is 13.0 Å². The molecular weight excluding hydrogens is 172 g/mol. The maximum Gasteiger partial charge on any atom is 0.222 e. The van der Waals surface area contributed by atoms with Crippen LogP contribution < -0.4 is 11.1 Å². The van der Waals surface area contributed by atoms with E-state index in [1.54, 1.807) is 0 Å². The minimum absolute atomic E-state index is 0.00517. The van der Waals surface area contributed by atoms with Gasteiger partial charge in [-0.15, -0.1) is 0 Å². The van der Waals surface area contributed by atoms with E-state index in [4.69, 9.17) is 15.6 Å². The summed E-state index contributed by atoms with van der Waals surface area (Å²) >= 11 is 0. The molecule has 0 atom stereocenters. The van der Waals surface area contributed by atoms with Gasteiger partial charge in [0.1, 0.15) is 0 Å². The molecule has 0 aromatic rings. The van der Waals surface area contributed by atoms with Crippen molar-refractivity contribution in [3.05, 3.63) is 0 Å². The first-order valence-corrected chi connectivity index (χ1v) is 4.46. The second-order valence-electron chi connectivity index (χ2n) is 2.58. The predicted molar refractivity (Wildman–Crippen MR) is 49.2 cm³/mol. The van der Waals surface area contributed by atoms with Crippen LogP contribution in [0.5, 0.6) is 0 Å². The quantitative estimate of drug-likeness (QED) is 0.422. The van der Waals surface area contributed by atoms with Crippen molar-refractivity contribution in [3.8, 4) is 0 Å². The van der Waals surface area contributed by atoms with E-state index >= 15 is 0 Å². The lowest BCUT2D eigenvalue weighted by Gasteiger charge is -2.04. The zero-order valence-corrected chi connectivity index (χ0v) is 7.79. The monoisotopic (exact) mass is 190 g/mol. The number of nitrogens with one attached hydrogen (secondary N) is 1. The fraction of sp³-hybridized carbons (Fsp3) is 0.875. The molecule has 0 fully saturated rings. The molecule has 1 amide bonds. The number of carbonyl (C=O) groups is 1. The van der Waals surface area contributed by atoms with E-state index in [9.17, 15) is 4.79 Å². The van der Waals surface area contributed by atoms with Crippen LogP contribution >= 0.6 is 0 Å². The van der Waals surface area contributed by atoms with Gasteiger partial charge in [-0.3, -0.25) is 4.79 Å². The third-order valence-electron chi connectivity index (χ3n) is 1.41. The van der Waals surface area contributed by atoms with Gasteiger partial charge >= 0.3 is 0 Å². The summed E-state index contributed by atoms with van der Waals surface area (Å²) in [5.41, 5.74) is 5.25. The van der Waals surface area contributed by atoms with E-state index < -0.39 is 0 Å². The number of aliphatic hydroxyl groups excluding tert-OH is 1. The smallest absolute Gasteiger partial charge is 0.222 e. The molecule has 0 bridgehead atoms. The molecule has 0 aromatic carbocycles. The molecular formula is C8H18N2O3. The molecule has 4 N–H and O–H groups in total. The topological polar surface area (TPSA) is 84.6 Å². The van der Waals surface area contributed by atoms with Crippen molar-refractivity contribution in [3.63, 3.8) is 0 Å². The van der Waals surface area contributed by atoms with Gasteiger partial charge in [0.05, 0.1) is 19.8 Å². The summed E-state index contributed by atoms with van der Waals surface area (Å²) in [4.78, 5) is 11.0. The van der Waals surface area contributed by atoms with E-state index in [2.05, 4.69) is 5.32 Å². The van der Waals surface area contributed by atoms with Crippen LogP contribution in [0.2, 0.25) is 0 Å². The number of hydrogen-bond acceptors (Lipinski definition) is 4. The molecule has 13 heavy (non-hydrogen) atoms. The number of nitrogens with two attached hydrogens (primary N) is 1. The molecule has 0 spiro atoms. The van der Waals surface area contributed by atoms with Gasteiger partial charge in [-0.05, 0) is 13.0 Å². The molecule has 0 aliphatic heterocycles. The van der Waals surface area contributed by atoms with Gasteiger partial charge in [-0.25, -0.2) is 0 Å². The van der Waals surface area contributed by atoms with E-state index in [0.717, 1.165) is 6.42 Å². The molecule has 0 aliphatic rings. The number of rotatable bonds is 8. The fourth-order valence-electron chi connectivity index (χ4n) is 0.750. The maximum atomic E-state index is 11.0. The second kappa shape index (κ2) is 9.44. The molecule has 0 saturated heterocycles.